The molecule has 0 bridgehead atoms. The molecule has 17 heavy (non-hydrogen) atoms. The van der Waals surface area contributed by atoms with Crippen LogP contribution in [-0.2, 0) is 0 Å². The number of rotatable bonds is 3. The van der Waals surface area contributed by atoms with Gasteiger partial charge in [0.05, 0.1) is 19.6 Å². The van der Waals surface area contributed by atoms with Crippen LogP contribution in [-0.4, -0.2) is 43.1 Å². The Morgan fingerprint density at radius 2 is 2.12 bits per heavy atom. The fraction of sp³-hybridized carbons (Fsp3) is 0.500. The SMILES string of the molecule is COc1ccccc1C1CN(C)CC1[N+](=O)[O-]. The molecule has 5 heteroatoms. The predicted octanol–water partition coefficient (Wildman–Crippen LogP) is 1.37. The van der Waals surface area contributed by atoms with Gasteiger partial charge in [-0.15, -0.1) is 0 Å². The number of hydrogen-bond donors (Lipinski definition) is 0. The molecule has 2 rings (SSSR count). The van der Waals surface area contributed by atoms with E-state index in [0.29, 0.717) is 13.1 Å². The summed E-state index contributed by atoms with van der Waals surface area (Å²) in [6, 6.07) is 7.00. The van der Waals surface area contributed by atoms with Gasteiger partial charge in [0.1, 0.15) is 5.75 Å². The van der Waals surface area contributed by atoms with E-state index in [0.717, 1.165) is 11.3 Å². The number of likely N-dealkylation sites (tertiary alicyclic amines) is 1. The van der Waals surface area contributed by atoms with Crippen LogP contribution in [0.1, 0.15) is 11.5 Å². The van der Waals surface area contributed by atoms with Crippen LogP contribution in [0.2, 0.25) is 0 Å². The Kier molecular flexibility index (Phi) is 3.28. The van der Waals surface area contributed by atoms with Crippen LogP contribution in [0.4, 0.5) is 0 Å². The molecule has 1 fully saturated rings. The van der Waals surface area contributed by atoms with E-state index < -0.39 is 6.04 Å². The molecule has 0 aromatic heterocycles. The van der Waals surface area contributed by atoms with Gasteiger partial charge >= 0.3 is 0 Å². The zero-order valence-corrected chi connectivity index (χ0v) is 10.00. The van der Waals surface area contributed by atoms with E-state index in [2.05, 4.69) is 0 Å². The summed E-state index contributed by atoms with van der Waals surface area (Å²) in [4.78, 5) is 12.9. The second kappa shape index (κ2) is 4.71. The lowest BCUT2D eigenvalue weighted by atomic mass is 9.94. The molecule has 0 amide bonds. The number of nitro groups is 1. The van der Waals surface area contributed by atoms with Crippen LogP contribution in [0, 0.1) is 10.1 Å². The first-order valence-electron chi connectivity index (χ1n) is 5.58. The van der Waals surface area contributed by atoms with E-state index in [-0.39, 0.29) is 10.8 Å². The van der Waals surface area contributed by atoms with Crippen LogP contribution in [0.5, 0.6) is 5.75 Å². The lowest BCUT2D eigenvalue weighted by Gasteiger charge is -2.15. The average Bonchev–Trinajstić information content (AvgIpc) is 2.71. The first kappa shape index (κ1) is 11.9. The molecule has 0 N–H and O–H groups in total. The van der Waals surface area contributed by atoms with E-state index >= 15 is 0 Å². The first-order chi connectivity index (χ1) is 8.13. The Morgan fingerprint density at radius 1 is 1.41 bits per heavy atom. The Labute approximate surface area is 100 Å². The fourth-order valence-corrected chi connectivity index (χ4v) is 2.47. The largest absolute Gasteiger partial charge is 0.496 e. The van der Waals surface area contributed by atoms with E-state index in [1.807, 2.05) is 36.2 Å². The van der Waals surface area contributed by atoms with Crippen molar-refractivity contribution in [2.45, 2.75) is 12.0 Å². The second-order valence-electron chi connectivity index (χ2n) is 4.42. The van der Waals surface area contributed by atoms with Crippen molar-refractivity contribution in [1.82, 2.24) is 4.90 Å². The summed E-state index contributed by atoms with van der Waals surface area (Å²) in [5.41, 5.74) is 0.932. The minimum atomic E-state index is -0.545. The molecule has 2 atom stereocenters. The first-order valence-corrected chi connectivity index (χ1v) is 5.58. The zero-order valence-electron chi connectivity index (χ0n) is 10.00. The van der Waals surface area contributed by atoms with Gasteiger partial charge in [0.2, 0.25) is 6.04 Å². The second-order valence-corrected chi connectivity index (χ2v) is 4.42. The Morgan fingerprint density at radius 3 is 2.76 bits per heavy atom. The molecule has 0 spiro atoms. The van der Waals surface area contributed by atoms with Crippen LogP contribution in [0.15, 0.2) is 24.3 Å². The van der Waals surface area contributed by atoms with Gasteiger partial charge in [-0.25, -0.2) is 0 Å². The molecule has 0 radical (unpaired) electrons. The molecular formula is C12H16N2O3. The molecule has 1 saturated heterocycles. The smallest absolute Gasteiger partial charge is 0.233 e. The summed E-state index contributed by atoms with van der Waals surface area (Å²) in [5, 5.41) is 11.1. The van der Waals surface area contributed by atoms with Crippen molar-refractivity contribution < 1.29 is 9.66 Å². The number of nitrogens with zero attached hydrogens (tertiary/aromatic N) is 2. The molecule has 0 saturated carbocycles. The van der Waals surface area contributed by atoms with Gasteiger partial charge in [0.25, 0.3) is 0 Å². The maximum Gasteiger partial charge on any atom is 0.233 e. The third-order valence-corrected chi connectivity index (χ3v) is 3.28. The van der Waals surface area contributed by atoms with Crippen LogP contribution in [0.25, 0.3) is 0 Å². The van der Waals surface area contributed by atoms with Crippen LogP contribution in [0.3, 0.4) is 0 Å². The van der Waals surface area contributed by atoms with Crippen molar-refractivity contribution in [3.63, 3.8) is 0 Å². The van der Waals surface area contributed by atoms with Crippen molar-refractivity contribution in [2.75, 3.05) is 27.2 Å². The highest BCUT2D eigenvalue weighted by Crippen LogP contribution is 2.34. The lowest BCUT2D eigenvalue weighted by Crippen LogP contribution is -2.27. The maximum absolute atomic E-state index is 11.1. The van der Waals surface area contributed by atoms with E-state index in [4.69, 9.17) is 4.74 Å². The van der Waals surface area contributed by atoms with Gasteiger partial charge in [0.15, 0.2) is 0 Å². The Balaban J connectivity index is 2.34. The normalized spacial score (nSPS) is 24.8. The quantitative estimate of drug-likeness (QED) is 0.587. The predicted molar refractivity (Wildman–Crippen MR) is 64.0 cm³/mol. The van der Waals surface area contributed by atoms with Gasteiger partial charge in [-0.3, -0.25) is 15.0 Å². The highest BCUT2D eigenvalue weighted by atomic mass is 16.6. The number of benzene rings is 1. The Bertz CT molecular complexity index is 422. The summed E-state index contributed by atoms with van der Waals surface area (Å²) in [6.07, 6.45) is 0. The van der Waals surface area contributed by atoms with E-state index in [1.165, 1.54) is 0 Å². The van der Waals surface area contributed by atoms with Gasteiger partial charge in [-0.05, 0) is 13.1 Å². The highest BCUT2D eigenvalue weighted by molar-refractivity contribution is 5.37. The maximum atomic E-state index is 11.1. The minimum Gasteiger partial charge on any atom is -0.496 e. The molecular weight excluding hydrogens is 220 g/mol. The van der Waals surface area contributed by atoms with Crippen LogP contribution >= 0.6 is 0 Å². The monoisotopic (exact) mass is 236 g/mol. The zero-order chi connectivity index (χ0) is 12.4. The molecule has 92 valence electrons. The van der Waals surface area contributed by atoms with Gasteiger partial charge in [-0.1, -0.05) is 18.2 Å². The van der Waals surface area contributed by atoms with Crippen molar-refractivity contribution in [1.29, 1.82) is 0 Å². The topological polar surface area (TPSA) is 55.6 Å². The van der Waals surface area contributed by atoms with Crippen molar-refractivity contribution in [3.05, 3.63) is 39.9 Å². The van der Waals surface area contributed by atoms with Gasteiger partial charge in [-0.2, -0.15) is 0 Å². The average molecular weight is 236 g/mol. The molecule has 1 aromatic carbocycles. The fourth-order valence-electron chi connectivity index (χ4n) is 2.47. The van der Waals surface area contributed by atoms with E-state index in [1.54, 1.807) is 7.11 Å². The van der Waals surface area contributed by atoms with E-state index in [9.17, 15) is 10.1 Å². The number of hydrogen-bond acceptors (Lipinski definition) is 4. The highest BCUT2D eigenvalue weighted by Gasteiger charge is 2.41. The molecule has 0 aliphatic carbocycles. The molecule has 1 aliphatic heterocycles. The summed E-state index contributed by atoms with van der Waals surface area (Å²) in [6.45, 7) is 1.20. The minimum absolute atomic E-state index is 0.0915. The third-order valence-electron chi connectivity index (χ3n) is 3.28. The van der Waals surface area contributed by atoms with Gasteiger partial charge < -0.3 is 4.74 Å². The molecule has 1 heterocycles. The number of methoxy groups -OCH3 is 1. The standard InChI is InChI=1S/C12H16N2O3/c1-13-7-10(11(8-13)14(15)16)9-5-3-4-6-12(9)17-2/h3-6,10-11H,7-8H2,1-2H3. The van der Waals surface area contributed by atoms with Crippen LogP contribution < -0.4 is 4.74 Å². The summed E-state index contributed by atoms with van der Waals surface area (Å²) < 4.78 is 5.28. The number of ether oxygens (including phenoxy) is 1. The van der Waals surface area contributed by atoms with Crippen molar-refractivity contribution >= 4 is 0 Å². The number of likely N-dealkylation sites (N-methyl/N-ethyl adjacent to an activating group) is 1. The summed E-state index contributed by atoms with van der Waals surface area (Å²) in [7, 11) is 3.50. The van der Waals surface area contributed by atoms with Gasteiger partial charge in [0, 0.05) is 17.0 Å². The number of para-hydroxylation sites is 1. The third kappa shape index (κ3) is 2.24. The van der Waals surface area contributed by atoms with Crippen molar-refractivity contribution in [3.8, 4) is 5.75 Å². The van der Waals surface area contributed by atoms with Crippen molar-refractivity contribution in [2.24, 2.45) is 0 Å². The molecule has 2 unspecified atom stereocenters. The lowest BCUT2D eigenvalue weighted by molar-refractivity contribution is -0.521. The summed E-state index contributed by atoms with van der Waals surface area (Å²) >= 11 is 0. The molecule has 1 aromatic rings. The molecule has 1 aliphatic rings. The Hall–Kier alpha value is -1.62. The molecule has 5 nitrogen and oxygen atoms in total. The summed E-state index contributed by atoms with van der Waals surface area (Å²) in [5.74, 6) is 0.644.